The third-order valence-corrected chi connectivity index (χ3v) is 4.46. The maximum Gasteiger partial charge on any atom is 0.327 e. The quantitative estimate of drug-likeness (QED) is 0.0514. The molecule has 15 heteroatoms. The van der Waals surface area contributed by atoms with E-state index in [9.17, 15) is 24.3 Å². The number of nitrogens with zero attached hydrogens (tertiary/aromatic N) is 1. The number of hydrogen-bond acceptors (Lipinski definition) is 9. The largest absolute Gasteiger partial charge is 0.480 e. The molecule has 172 valence electrons. The van der Waals surface area contributed by atoms with Crippen LogP contribution < -0.4 is 33.2 Å². The second-order valence-electron chi connectivity index (χ2n) is 6.12. The standard InChI is InChI=1S/C15H29N7O6S2/c16-7(2-1-3-19-15(17)18)11(24)21-9(5-29)13(26)20-8(4-23)12(25)22-10(6-30)14(27)28/h7-10,23,29-30H,1-6,16H2,(H,20,26)(H,21,24)(H,22,25)(H,27,28)(H4,17,18,19). The van der Waals surface area contributed by atoms with Crippen molar-refractivity contribution in [3.63, 3.8) is 0 Å². The molecule has 30 heavy (non-hydrogen) atoms. The van der Waals surface area contributed by atoms with Crippen LogP contribution in [-0.4, -0.2) is 88.7 Å². The Hall–Kier alpha value is -2.23. The van der Waals surface area contributed by atoms with Gasteiger partial charge in [0.05, 0.1) is 12.6 Å². The molecule has 0 radical (unpaired) electrons. The highest BCUT2D eigenvalue weighted by atomic mass is 32.1. The van der Waals surface area contributed by atoms with Gasteiger partial charge in [0.25, 0.3) is 0 Å². The van der Waals surface area contributed by atoms with Gasteiger partial charge in [-0.1, -0.05) is 0 Å². The zero-order valence-electron chi connectivity index (χ0n) is 16.2. The smallest absolute Gasteiger partial charge is 0.327 e. The summed E-state index contributed by atoms with van der Waals surface area (Å²) >= 11 is 7.80. The van der Waals surface area contributed by atoms with Crippen LogP contribution in [-0.2, 0) is 19.2 Å². The zero-order chi connectivity index (χ0) is 23.3. The lowest BCUT2D eigenvalue weighted by Crippen LogP contribution is -2.58. The summed E-state index contributed by atoms with van der Waals surface area (Å²) in [6, 6.07) is -4.82. The van der Waals surface area contributed by atoms with Crippen LogP contribution in [0.1, 0.15) is 12.8 Å². The van der Waals surface area contributed by atoms with Crippen molar-refractivity contribution in [3.05, 3.63) is 0 Å². The number of carbonyl (C=O) groups is 4. The van der Waals surface area contributed by atoms with Crippen molar-refractivity contribution in [2.75, 3.05) is 24.7 Å². The highest BCUT2D eigenvalue weighted by Crippen LogP contribution is 1.99. The Balaban J connectivity index is 4.79. The zero-order valence-corrected chi connectivity index (χ0v) is 17.9. The normalized spacial score (nSPS) is 14.5. The van der Waals surface area contributed by atoms with Crippen LogP contribution in [0.3, 0.4) is 0 Å². The molecule has 0 saturated carbocycles. The lowest BCUT2D eigenvalue weighted by Gasteiger charge is -2.23. The van der Waals surface area contributed by atoms with Crippen molar-refractivity contribution in [1.82, 2.24) is 16.0 Å². The van der Waals surface area contributed by atoms with E-state index in [-0.39, 0.29) is 30.4 Å². The maximum absolute atomic E-state index is 12.3. The molecule has 0 aromatic carbocycles. The SMILES string of the molecule is NC(N)=NCCCC(N)C(=O)NC(CS)C(=O)NC(CO)C(=O)NC(CS)C(=O)O. The number of hydrogen-bond donors (Lipinski definition) is 10. The Labute approximate surface area is 184 Å². The van der Waals surface area contributed by atoms with Gasteiger partial charge in [-0.05, 0) is 12.8 Å². The monoisotopic (exact) mass is 467 g/mol. The van der Waals surface area contributed by atoms with Crippen molar-refractivity contribution >= 4 is 54.9 Å². The number of aliphatic hydroxyl groups excluding tert-OH is 1. The second kappa shape index (κ2) is 14.7. The number of guanidine groups is 1. The fourth-order valence-electron chi connectivity index (χ4n) is 2.05. The third kappa shape index (κ3) is 10.5. The molecule has 0 heterocycles. The van der Waals surface area contributed by atoms with Crippen molar-refractivity contribution in [1.29, 1.82) is 0 Å². The maximum atomic E-state index is 12.3. The van der Waals surface area contributed by atoms with E-state index in [0.717, 1.165) is 0 Å². The van der Waals surface area contributed by atoms with Crippen LogP contribution in [0.4, 0.5) is 0 Å². The van der Waals surface area contributed by atoms with Gasteiger partial charge >= 0.3 is 5.97 Å². The number of aliphatic imine (C=N–C) groups is 1. The van der Waals surface area contributed by atoms with Gasteiger partial charge in [0.1, 0.15) is 18.1 Å². The van der Waals surface area contributed by atoms with E-state index in [1.165, 1.54) is 0 Å². The molecule has 0 aromatic heterocycles. The first-order chi connectivity index (χ1) is 14.1. The molecule has 0 aromatic rings. The number of rotatable bonds is 14. The Morgan fingerprint density at radius 3 is 1.87 bits per heavy atom. The fourth-order valence-corrected chi connectivity index (χ4v) is 2.55. The summed E-state index contributed by atoms with van der Waals surface area (Å²) < 4.78 is 0. The molecular weight excluding hydrogens is 438 g/mol. The minimum Gasteiger partial charge on any atom is -0.480 e. The molecule has 0 fully saturated rings. The number of aliphatic carboxylic acids is 1. The number of nitrogens with two attached hydrogens (primary N) is 3. The lowest BCUT2D eigenvalue weighted by atomic mass is 10.1. The number of carboxylic acids is 1. The van der Waals surface area contributed by atoms with Crippen LogP contribution in [0.5, 0.6) is 0 Å². The summed E-state index contributed by atoms with van der Waals surface area (Å²) in [5.41, 5.74) is 16.2. The van der Waals surface area contributed by atoms with Crippen molar-refractivity contribution in [3.8, 4) is 0 Å². The lowest BCUT2D eigenvalue weighted by molar-refractivity contribution is -0.141. The van der Waals surface area contributed by atoms with Crippen molar-refractivity contribution in [2.24, 2.45) is 22.2 Å². The number of carbonyl (C=O) groups excluding carboxylic acids is 3. The fraction of sp³-hybridized carbons (Fsp3) is 0.667. The van der Waals surface area contributed by atoms with Gasteiger partial charge in [-0.3, -0.25) is 19.4 Å². The van der Waals surface area contributed by atoms with E-state index in [2.05, 4.69) is 46.2 Å². The first-order valence-corrected chi connectivity index (χ1v) is 10.1. The molecular formula is C15H29N7O6S2. The molecule has 4 unspecified atom stereocenters. The summed E-state index contributed by atoms with van der Waals surface area (Å²) in [5.74, 6) is -4.07. The first-order valence-electron chi connectivity index (χ1n) is 8.84. The van der Waals surface area contributed by atoms with E-state index in [0.29, 0.717) is 6.42 Å². The third-order valence-electron chi connectivity index (χ3n) is 3.73. The molecule has 0 bridgehead atoms. The van der Waals surface area contributed by atoms with Crippen LogP contribution in [0.2, 0.25) is 0 Å². The Bertz CT molecular complexity index is 633. The summed E-state index contributed by atoms with van der Waals surface area (Å²) in [4.78, 5) is 51.3. The molecule has 4 atom stereocenters. The van der Waals surface area contributed by atoms with Gasteiger partial charge in [0.15, 0.2) is 5.96 Å². The van der Waals surface area contributed by atoms with E-state index in [1.807, 2.05) is 0 Å². The van der Waals surface area contributed by atoms with Gasteiger partial charge in [-0.25, -0.2) is 4.79 Å². The van der Waals surface area contributed by atoms with Crippen LogP contribution in [0.15, 0.2) is 4.99 Å². The van der Waals surface area contributed by atoms with Gasteiger partial charge in [-0.15, -0.1) is 0 Å². The Kier molecular flexibility index (Phi) is 13.6. The summed E-state index contributed by atoms with van der Waals surface area (Å²) in [6.45, 7) is -0.509. The molecule has 11 N–H and O–H groups in total. The molecule has 0 rings (SSSR count). The van der Waals surface area contributed by atoms with E-state index >= 15 is 0 Å². The van der Waals surface area contributed by atoms with Crippen molar-refractivity contribution < 1.29 is 29.4 Å². The summed E-state index contributed by atoms with van der Waals surface area (Å²) in [7, 11) is 0. The van der Waals surface area contributed by atoms with Gasteiger partial charge in [0, 0.05) is 18.1 Å². The van der Waals surface area contributed by atoms with Crippen LogP contribution in [0.25, 0.3) is 0 Å². The molecule has 0 aliphatic rings. The average molecular weight is 468 g/mol. The summed E-state index contributed by atoms with van der Waals surface area (Å²) in [5, 5.41) is 25.0. The molecule has 0 aliphatic heterocycles. The predicted molar refractivity (Wildman–Crippen MR) is 116 cm³/mol. The highest BCUT2D eigenvalue weighted by molar-refractivity contribution is 7.80. The Morgan fingerprint density at radius 1 is 0.900 bits per heavy atom. The highest BCUT2D eigenvalue weighted by Gasteiger charge is 2.29. The van der Waals surface area contributed by atoms with E-state index in [4.69, 9.17) is 22.3 Å². The van der Waals surface area contributed by atoms with Gasteiger partial charge < -0.3 is 43.4 Å². The van der Waals surface area contributed by atoms with Gasteiger partial charge in [0.2, 0.25) is 17.7 Å². The predicted octanol–water partition coefficient (Wildman–Crippen LogP) is -4.24. The minimum atomic E-state index is -1.44. The number of thiol groups is 2. The van der Waals surface area contributed by atoms with Crippen LogP contribution >= 0.6 is 25.3 Å². The van der Waals surface area contributed by atoms with E-state index < -0.39 is 54.5 Å². The number of nitrogens with one attached hydrogen (secondary N) is 3. The number of carboxylic acid groups (broad SMARTS) is 1. The topological polar surface area (TPSA) is 235 Å². The molecule has 0 spiro atoms. The summed E-state index contributed by atoms with van der Waals surface area (Å²) in [6.07, 6.45) is 0.693. The average Bonchev–Trinajstić information content (AvgIpc) is 2.70. The van der Waals surface area contributed by atoms with Crippen LogP contribution in [0, 0.1) is 0 Å². The van der Waals surface area contributed by atoms with Crippen molar-refractivity contribution in [2.45, 2.75) is 37.0 Å². The number of aliphatic hydroxyl groups is 1. The molecule has 13 nitrogen and oxygen atoms in total. The molecule has 0 saturated heterocycles. The second-order valence-corrected chi connectivity index (χ2v) is 6.86. The Morgan fingerprint density at radius 2 is 1.40 bits per heavy atom. The minimum absolute atomic E-state index is 0.0775. The van der Waals surface area contributed by atoms with Gasteiger partial charge in [-0.2, -0.15) is 25.3 Å². The number of amides is 3. The molecule has 0 aliphatic carbocycles. The first kappa shape index (κ1) is 27.8. The van der Waals surface area contributed by atoms with E-state index in [1.54, 1.807) is 0 Å². The molecule has 3 amide bonds.